The molecule has 1 aliphatic rings. The van der Waals surface area contributed by atoms with Gasteiger partial charge in [0.25, 0.3) is 0 Å². The molecule has 1 aliphatic heterocycles. The number of amides is 3. The van der Waals surface area contributed by atoms with E-state index in [4.69, 9.17) is 10.8 Å². The number of carbonyl (C=O) groups excluding carboxylic acids is 2. The van der Waals surface area contributed by atoms with Gasteiger partial charge in [-0.05, 0) is 26.7 Å². The van der Waals surface area contributed by atoms with Crippen molar-refractivity contribution in [3.63, 3.8) is 0 Å². The summed E-state index contributed by atoms with van der Waals surface area (Å²) in [6.45, 7) is 3.56. The van der Waals surface area contributed by atoms with Gasteiger partial charge in [0.15, 0.2) is 0 Å². The predicted octanol–water partition coefficient (Wildman–Crippen LogP) is -0.243. The number of rotatable bonds is 3. The van der Waals surface area contributed by atoms with E-state index in [1.54, 1.807) is 0 Å². The van der Waals surface area contributed by atoms with Crippen LogP contribution in [0.15, 0.2) is 0 Å². The summed E-state index contributed by atoms with van der Waals surface area (Å²) in [6, 6.07) is -0.478. The lowest BCUT2D eigenvalue weighted by molar-refractivity contribution is -0.143. The summed E-state index contributed by atoms with van der Waals surface area (Å²) in [5, 5.41) is 11.3. The molecule has 102 valence electrons. The van der Waals surface area contributed by atoms with E-state index < -0.39 is 23.4 Å². The standard InChI is InChI=1S/C11H19N3O4/c1-11(2,9(16)17)13-10(18)14-5-3-4-7(6-14)8(12)15/h7H,3-6H2,1-2H3,(H2,12,15)(H,13,18)(H,16,17). The van der Waals surface area contributed by atoms with Gasteiger partial charge in [0.1, 0.15) is 5.54 Å². The second kappa shape index (κ2) is 5.24. The van der Waals surface area contributed by atoms with E-state index in [-0.39, 0.29) is 12.5 Å². The number of nitrogens with two attached hydrogens (primary N) is 1. The molecule has 7 heteroatoms. The molecule has 1 rings (SSSR count). The zero-order valence-electron chi connectivity index (χ0n) is 10.6. The number of nitrogens with one attached hydrogen (secondary N) is 1. The molecule has 0 spiro atoms. The molecule has 0 aromatic carbocycles. The fraction of sp³-hybridized carbons (Fsp3) is 0.727. The Balaban J connectivity index is 2.62. The third-order valence-corrected chi connectivity index (χ3v) is 3.07. The molecule has 0 saturated carbocycles. The van der Waals surface area contributed by atoms with Crippen molar-refractivity contribution in [1.29, 1.82) is 0 Å². The Kier molecular flexibility index (Phi) is 4.15. The van der Waals surface area contributed by atoms with Gasteiger partial charge in [0, 0.05) is 13.1 Å². The van der Waals surface area contributed by atoms with Crippen LogP contribution in [0.2, 0.25) is 0 Å². The monoisotopic (exact) mass is 257 g/mol. The molecule has 3 amide bonds. The summed E-state index contributed by atoms with van der Waals surface area (Å²) in [7, 11) is 0. The number of carboxylic acids is 1. The molecule has 1 fully saturated rings. The zero-order chi connectivity index (χ0) is 13.9. The van der Waals surface area contributed by atoms with Crippen LogP contribution in [-0.4, -0.2) is 46.5 Å². The maximum atomic E-state index is 11.9. The smallest absolute Gasteiger partial charge is 0.328 e. The van der Waals surface area contributed by atoms with Crippen molar-refractivity contribution in [2.75, 3.05) is 13.1 Å². The summed E-state index contributed by atoms with van der Waals surface area (Å²) in [5.74, 6) is -1.89. The van der Waals surface area contributed by atoms with Gasteiger partial charge in [-0.3, -0.25) is 4.79 Å². The molecule has 1 unspecified atom stereocenters. The van der Waals surface area contributed by atoms with E-state index in [2.05, 4.69) is 5.32 Å². The molecule has 4 N–H and O–H groups in total. The van der Waals surface area contributed by atoms with Crippen LogP contribution in [0.3, 0.4) is 0 Å². The number of primary amides is 1. The first kappa shape index (κ1) is 14.3. The first-order valence-corrected chi connectivity index (χ1v) is 5.84. The van der Waals surface area contributed by atoms with Crippen LogP contribution in [0, 0.1) is 5.92 Å². The van der Waals surface area contributed by atoms with Crippen molar-refractivity contribution in [3.8, 4) is 0 Å². The van der Waals surface area contributed by atoms with Crippen molar-refractivity contribution in [1.82, 2.24) is 10.2 Å². The Hall–Kier alpha value is -1.79. The summed E-state index contributed by atoms with van der Waals surface area (Å²) >= 11 is 0. The third-order valence-electron chi connectivity index (χ3n) is 3.07. The van der Waals surface area contributed by atoms with Crippen LogP contribution in [0.4, 0.5) is 4.79 Å². The minimum absolute atomic E-state index is 0.247. The predicted molar refractivity (Wildman–Crippen MR) is 63.7 cm³/mol. The van der Waals surface area contributed by atoms with Crippen LogP contribution >= 0.6 is 0 Å². The van der Waals surface area contributed by atoms with E-state index in [1.165, 1.54) is 18.7 Å². The van der Waals surface area contributed by atoms with E-state index in [9.17, 15) is 14.4 Å². The molecule has 1 saturated heterocycles. The van der Waals surface area contributed by atoms with Crippen molar-refractivity contribution in [2.45, 2.75) is 32.2 Å². The number of carbonyl (C=O) groups is 3. The van der Waals surface area contributed by atoms with Crippen LogP contribution in [-0.2, 0) is 9.59 Å². The van der Waals surface area contributed by atoms with Gasteiger partial charge in [-0.15, -0.1) is 0 Å². The number of urea groups is 1. The minimum atomic E-state index is -1.34. The van der Waals surface area contributed by atoms with Crippen molar-refractivity contribution < 1.29 is 19.5 Å². The van der Waals surface area contributed by atoms with Crippen molar-refractivity contribution in [3.05, 3.63) is 0 Å². The van der Waals surface area contributed by atoms with Gasteiger partial charge in [-0.1, -0.05) is 0 Å². The largest absolute Gasteiger partial charge is 0.480 e. The van der Waals surface area contributed by atoms with E-state index in [0.717, 1.165) is 0 Å². The molecular weight excluding hydrogens is 238 g/mol. The van der Waals surface area contributed by atoms with Gasteiger partial charge in [-0.2, -0.15) is 0 Å². The number of nitrogens with zero attached hydrogens (tertiary/aromatic N) is 1. The fourth-order valence-corrected chi connectivity index (χ4v) is 1.79. The van der Waals surface area contributed by atoms with E-state index >= 15 is 0 Å². The highest BCUT2D eigenvalue weighted by Gasteiger charge is 2.33. The van der Waals surface area contributed by atoms with Crippen LogP contribution in [0.25, 0.3) is 0 Å². The summed E-state index contributed by atoms with van der Waals surface area (Å²) in [5.41, 5.74) is 3.88. The Morgan fingerprint density at radius 3 is 2.50 bits per heavy atom. The Bertz CT molecular complexity index is 367. The van der Waals surface area contributed by atoms with Crippen molar-refractivity contribution in [2.24, 2.45) is 11.7 Å². The van der Waals surface area contributed by atoms with Crippen LogP contribution in [0.1, 0.15) is 26.7 Å². The number of likely N-dealkylation sites (tertiary alicyclic amines) is 1. The number of aliphatic carboxylic acids is 1. The average molecular weight is 257 g/mol. The molecular formula is C11H19N3O4. The quantitative estimate of drug-likeness (QED) is 0.647. The van der Waals surface area contributed by atoms with Crippen LogP contribution < -0.4 is 11.1 Å². The van der Waals surface area contributed by atoms with Gasteiger partial charge in [-0.25, -0.2) is 9.59 Å². The molecule has 1 atom stereocenters. The van der Waals surface area contributed by atoms with Gasteiger partial charge < -0.3 is 21.1 Å². The number of hydrogen-bond donors (Lipinski definition) is 3. The van der Waals surface area contributed by atoms with Gasteiger partial charge in [0.05, 0.1) is 5.92 Å². The Labute approximate surface area is 105 Å². The normalized spacial score (nSPS) is 20.3. The fourth-order valence-electron chi connectivity index (χ4n) is 1.79. The number of carboxylic acid groups (broad SMARTS) is 1. The highest BCUT2D eigenvalue weighted by molar-refractivity contribution is 5.86. The maximum absolute atomic E-state index is 11.9. The second-order valence-corrected chi connectivity index (χ2v) is 5.05. The Morgan fingerprint density at radius 1 is 1.39 bits per heavy atom. The topological polar surface area (TPSA) is 113 Å². The highest BCUT2D eigenvalue weighted by Crippen LogP contribution is 2.16. The first-order valence-electron chi connectivity index (χ1n) is 5.84. The number of piperidine rings is 1. The van der Waals surface area contributed by atoms with Crippen molar-refractivity contribution >= 4 is 17.9 Å². The highest BCUT2D eigenvalue weighted by atomic mass is 16.4. The molecule has 0 radical (unpaired) electrons. The molecule has 0 aliphatic carbocycles. The molecule has 7 nitrogen and oxygen atoms in total. The van der Waals surface area contributed by atoms with Crippen LogP contribution in [0.5, 0.6) is 0 Å². The summed E-state index contributed by atoms with van der Waals surface area (Å²) < 4.78 is 0. The lowest BCUT2D eigenvalue weighted by atomic mass is 9.97. The summed E-state index contributed by atoms with van der Waals surface area (Å²) in [6.07, 6.45) is 1.36. The van der Waals surface area contributed by atoms with Gasteiger partial charge >= 0.3 is 12.0 Å². The molecule has 0 bridgehead atoms. The summed E-state index contributed by atoms with van der Waals surface area (Å²) in [4.78, 5) is 35.3. The van der Waals surface area contributed by atoms with E-state index in [0.29, 0.717) is 19.4 Å². The molecule has 1 heterocycles. The third kappa shape index (κ3) is 3.35. The zero-order valence-corrected chi connectivity index (χ0v) is 10.6. The molecule has 0 aromatic rings. The number of hydrogen-bond acceptors (Lipinski definition) is 3. The molecule has 0 aromatic heterocycles. The van der Waals surface area contributed by atoms with Gasteiger partial charge in [0.2, 0.25) is 5.91 Å². The first-order chi connectivity index (χ1) is 8.24. The molecule has 18 heavy (non-hydrogen) atoms. The minimum Gasteiger partial charge on any atom is -0.480 e. The average Bonchev–Trinajstić information content (AvgIpc) is 2.28. The Morgan fingerprint density at radius 2 is 2.00 bits per heavy atom. The lowest BCUT2D eigenvalue weighted by Crippen LogP contribution is -2.56. The lowest BCUT2D eigenvalue weighted by Gasteiger charge is -2.33. The maximum Gasteiger partial charge on any atom is 0.328 e. The van der Waals surface area contributed by atoms with E-state index in [1.807, 2.05) is 0 Å². The SMILES string of the molecule is CC(C)(NC(=O)N1CCCC(C(N)=O)C1)C(=O)O. The second-order valence-electron chi connectivity index (χ2n) is 5.05.